The fraction of sp³-hybridized carbons (Fsp3) is 0.111. The standard InChI is InChI=1S/C18H15ClN2O3/c19-15-5-1-12(2-6-15)7-9-21-10-8-13-3-4-14(17(22)20-24)11-16(13)18(21)23/h1-6,8,10-11,24H,7,9H2,(H,20,22). The van der Waals surface area contributed by atoms with E-state index in [0.717, 1.165) is 10.9 Å². The number of aromatic nitrogens is 1. The molecule has 5 nitrogen and oxygen atoms in total. The molecule has 0 spiro atoms. The maximum absolute atomic E-state index is 12.6. The number of carbonyl (C=O) groups is 1. The van der Waals surface area contributed by atoms with E-state index in [1.807, 2.05) is 30.3 Å². The van der Waals surface area contributed by atoms with Gasteiger partial charge in [0.05, 0.1) is 0 Å². The lowest BCUT2D eigenvalue weighted by atomic mass is 10.1. The van der Waals surface area contributed by atoms with Crippen LogP contribution in [0.4, 0.5) is 0 Å². The number of hydroxylamine groups is 1. The first-order valence-electron chi connectivity index (χ1n) is 7.40. The largest absolute Gasteiger partial charge is 0.315 e. The second-order valence-electron chi connectivity index (χ2n) is 5.43. The third kappa shape index (κ3) is 3.32. The predicted octanol–water partition coefficient (Wildman–Crippen LogP) is 3.02. The van der Waals surface area contributed by atoms with Gasteiger partial charge in [-0.3, -0.25) is 14.8 Å². The molecule has 2 aromatic carbocycles. The van der Waals surface area contributed by atoms with E-state index in [0.29, 0.717) is 23.4 Å². The molecule has 0 fully saturated rings. The molecule has 0 unspecified atom stereocenters. The van der Waals surface area contributed by atoms with Crippen LogP contribution in [0.25, 0.3) is 10.8 Å². The SMILES string of the molecule is O=C(NO)c1ccc2ccn(CCc3ccc(Cl)cc3)c(=O)c2c1. The van der Waals surface area contributed by atoms with Crippen LogP contribution in [0.15, 0.2) is 59.5 Å². The van der Waals surface area contributed by atoms with Crippen LogP contribution in [0.3, 0.4) is 0 Å². The van der Waals surface area contributed by atoms with Crippen LogP contribution in [0, 0.1) is 0 Å². The molecule has 3 rings (SSSR count). The zero-order chi connectivity index (χ0) is 17.1. The maximum Gasteiger partial charge on any atom is 0.274 e. The summed E-state index contributed by atoms with van der Waals surface area (Å²) in [6.45, 7) is 0.521. The number of hydrogen-bond donors (Lipinski definition) is 2. The highest BCUT2D eigenvalue weighted by molar-refractivity contribution is 6.30. The van der Waals surface area contributed by atoms with Gasteiger partial charge in [0.25, 0.3) is 11.5 Å². The average molecular weight is 343 g/mol. The van der Waals surface area contributed by atoms with Crippen LogP contribution in [0.1, 0.15) is 15.9 Å². The summed E-state index contributed by atoms with van der Waals surface area (Å²) in [5.41, 5.74) is 2.72. The summed E-state index contributed by atoms with van der Waals surface area (Å²) in [5.74, 6) is -0.645. The highest BCUT2D eigenvalue weighted by Gasteiger charge is 2.08. The topological polar surface area (TPSA) is 71.3 Å². The van der Waals surface area contributed by atoms with Gasteiger partial charge in [-0.25, -0.2) is 5.48 Å². The summed E-state index contributed by atoms with van der Waals surface area (Å²) < 4.78 is 1.61. The molecule has 0 saturated heterocycles. The molecule has 0 aliphatic rings. The zero-order valence-corrected chi connectivity index (χ0v) is 13.5. The number of pyridine rings is 1. The number of halogens is 1. The van der Waals surface area contributed by atoms with Crippen molar-refractivity contribution in [2.75, 3.05) is 0 Å². The van der Waals surface area contributed by atoms with Crippen molar-refractivity contribution in [3.05, 3.63) is 81.2 Å². The molecular weight excluding hydrogens is 328 g/mol. The van der Waals surface area contributed by atoms with E-state index < -0.39 is 5.91 Å². The normalized spacial score (nSPS) is 10.8. The summed E-state index contributed by atoms with van der Waals surface area (Å²) >= 11 is 5.87. The van der Waals surface area contributed by atoms with Gasteiger partial charge in [-0.05, 0) is 47.7 Å². The summed E-state index contributed by atoms with van der Waals surface area (Å²) in [6.07, 6.45) is 2.44. The summed E-state index contributed by atoms with van der Waals surface area (Å²) in [4.78, 5) is 24.1. The lowest BCUT2D eigenvalue weighted by Gasteiger charge is -2.08. The number of rotatable bonds is 4. The van der Waals surface area contributed by atoms with Crippen molar-refractivity contribution in [2.24, 2.45) is 0 Å². The van der Waals surface area contributed by atoms with Crippen molar-refractivity contribution in [3.63, 3.8) is 0 Å². The summed E-state index contributed by atoms with van der Waals surface area (Å²) in [6, 6.07) is 14.1. The Morgan fingerprint density at radius 1 is 1.12 bits per heavy atom. The number of aryl methyl sites for hydroxylation is 2. The number of nitrogens with one attached hydrogen (secondary N) is 1. The van der Waals surface area contributed by atoms with E-state index in [4.69, 9.17) is 16.8 Å². The van der Waals surface area contributed by atoms with Crippen LogP contribution < -0.4 is 11.0 Å². The van der Waals surface area contributed by atoms with Gasteiger partial charge in [0, 0.05) is 28.7 Å². The molecule has 0 saturated carbocycles. The van der Waals surface area contributed by atoms with E-state index >= 15 is 0 Å². The van der Waals surface area contributed by atoms with Gasteiger partial charge in [0.2, 0.25) is 0 Å². The molecule has 0 aliphatic carbocycles. The first-order valence-corrected chi connectivity index (χ1v) is 7.78. The van der Waals surface area contributed by atoms with Crippen LogP contribution >= 0.6 is 11.6 Å². The third-order valence-electron chi connectivity index (χ3n) is 3.90. The highest BCUT2D eigenvalue weighted by atomic mass is 35.5. The molecule has 0 bridgehead atoms. The Labute approximate surface area is 143 Å². The number of carbonyl (C=O) groups excluding carboxylic acids is 1. The minimum atomic E-state index is -0.645. The van der Waals surface area contributed by atoms with Crippen molar-refractivity contribution in [1.82, 2.24) is 10.0 Å². The molecule has 1 aromatic heterocycles. The number of hydrogen-bond acceptors (Lipinski definition) is 3. The van der Waals surface area contributed by atoms with E-state index in [-0.39, 0.29) is 11.1 Å². The second-order valence-corrected chi connectivity index (χ2v) is 5.87. The molecule has 24 heavy (non-hydrogen) atoms. The smallest absolute Gasteiger partial charge is 0.274 e. The minimum absolute atomic E-state index is 0.172. The Hall–Kier alpha value is -2.63. The zero-order valence-electron chi connectivity index (χ0n) is 12.7. The van der Waals surface area contributed by atoms with Crippen molar-refractivity contribution >= 4 is 28.3 Å². The lowest BCUT2D eigenvalue weighted by Crippen LogP contribution is -2.22. The molecule has 1 heterocycles. The molecule has 122 valence electrons. The Balaban J connectivity index is 1.91. The quantitative estimate of drug-likeness (QED) is 0.565. The Kier molecular flexibility index (Phi) is 4.64. The van der Waals surface area contributed by atoms with Gasteiger partial charge < -0.3 is 4.57 Å². The highest BCUT2D eigenvalue weighted by Crippen LogP contribution is 2.13. The molecule has 3 aromatic rings. The van der Waals surface area contributed by atoms with E-state index in [9.17, 15) is 9.59 Å². The monoisotopic (exact) mass is 342 g/mol. The number of nitrogens with zero attached hydrogens (tertiary/aromatic N) is 1. The first-order chi connectivity index (χ1) is 11.6. The average Bonchev–Trinajstić information content (AvgIpc) is 2.61. The van der Waals surface area contributed by atoms with Gasteiger partial charge in [-0.2, -0.15) is 0 Å². The van der Waals surface area contributed by atoms with E-state index in [1.54, 1.807) is 28.4 Å². The van der Waals surface area contributed by atoms with Gasteiger partial charge in [0.15, 0.2) is 0 Å². The van der Waals surface area contributed by atoms with Crippen LogP contribution in [0.5, 0.6) is 0 Å². The first kappa shape index (κ1) is 16.2. The number of benzene rings is 2. The molecule has 1 amide bonds. The summed E-state index contributed by atoms with van der Waals surface area (Å²) in [7, 11) is 0. The fourth-order valence-corrected chi connectivity index (χ4v) is 2.69. The molecule has 0 radical (unpaired) electrons. The van der Waals surface area contributed by atoms with E-state index in [2.05, 4.69) is 0 Å². The second kappa shape index (κ2) is 6.86. The van der Waals surface area contributed by atoms with Gasteiger partial charge in [-0.15, -0.1) is 0 Å². The molecule has 0 aliphatic heterocycles. The van der Waals surface area contributed by atoms with Crippen molar-refractivity contribution < 1.29 is 10.0 Å². The van der Waals surface area contributed by atoms with Crippen molar-refractivity contribution in [3.8, 4) is 0 Å². The lowest BCUT2D eigenvalue weighted by molar-refractivity contribution is 0.0706. The fourth-order valence-electron chi connectivity index (χ4n) is 2.56. The Morgan fingerprint density at radius 3 is 2.58 bits per heavy atom. The number of fused-ring (bicyclic) bond motifs is 1. The summed E-state index contributed by atoms with van der Waals surface area (Å²) in [5, 5.41) is 10.6. The molecule has 0 atom stereocenters. The molecule has 6 heteroatoms. The van der Waals surface area contributed by atoms with Crippen LogP contribution in [0.2, 0.25) is 5.02 Å². The van der Waals surface area contributed by atoms with Crippen LogP contribution in [-0.4, -0.2) is 15.7 Å². The molecular formula is C18H15ClN2O3. The van der Waals surface area contributed by atoms with Gasteiger partial charge in [-0.1, -0.05) is 29.8 Å². The molecule has 2 N–H and O–H groups in total. The van der Waals surface area contributed by atoms with Gasteiger partial charge >= 0.3 is 0 Å². The van der Waals surface area contributed by atoms with Gasteiger partial charge in [0.1, 0.15) is 0 Å². The predicted molar refractivity (Wildman–Crippen MR) is 92.6 cm³/mol. The van der Waals surface area contributed by atoms with Crippen molar-refractivity contribution in [1.29, 1.82) is 0 Å². The number of amides is 1. The van der Waals surface area contributed by atoms with E-state index in [1.165, 1.54) is 6.07 Å². The van der Waals surface area contributed by atoms with Crippen molar-refractivity contribution in [2.45, 2.75) is 13.0 Å². The maximum atomic E-state index is 12.6. The third-order valence-corrected chi connectivity index (χ3v) is 4.15. The Bertz CT molecular complexity index is 949. The Morgan fingerprint density at radius 2 is 1.88 bits per heavy atom. The minimum Gasteiger partial charge on any atom is -0.315 e. The van der Waals surface area contributed by atoms with Crippen LogP contribution in [-0.2, 0) is 13.0 Å².